The summed E-state index contributed by atoms with van der Waals surface area (Å²) in [7, 11) is 0.592. The molecule has 1 aliphatic rings. The van der Waals surface area contributed by atoms with Gasteiger partial charge in [-0.25, -0.2) is 13.1 Å². The molecule has 0 aromatic heterocycles. The summed E-state index contributed by atoms with van der Waals surface area (Å²) in [5.41, 5.74) is 1.11. The molecule has 0 saturated carbocycles. The maximum atomic E-state index is 12.2. The van der Waals surface area contributed by atoms with Crippen molar-refractivity contribution in [2.75, 3.05) is 33.7 Å². The van der Waals surface area contributed by atoms with Gasteiger partial charge in [0.15, 0.2) is 0 Å². The molecular formula is C14H24ClN3O2S. The Morgan fingerprint density at radius 2 is 1.95 bits per heavy atom. The van der Waals surface area contributed by atoms with E-state index in [4.69, 9.17) is 0 Å². The van der Waals surface area contributed by atoms with Crippen molar-refractivity contribution >= 4 is 22.4 Å². The quantitative estimate of drug-likeness (QED) is 0.817. The standard InChI is InChI=1S/C14H23N3O2S.ClH/c1-17(2)11-12-3-5-14(6-4-12)20(18,19)16-10-13-7-8-15-9-13;/h3-6,13,15-16H,7-11H2,1-2H3;1H. The van der Waals surface area contributed by atoms with Crippen LogP contribution in [0.15, 0.2) is 29.2 Å². The van der Waals surface area contributed by atoms with Crippen LogP contribution in [0.4, 0.5) is 0 Å². The lowest BCUT2D eigenvalue weighted by molar-refractivity contribution is 0.402. The number of rotatable bonds is 6. The van der Waals surface area contributed by atoms with E-state index in [0.29, 0.717) is 17.4 Å². The number of halogens is 1. The molecule has 1 fully saturated rings. The van der Waals surface area contributed by atoms with E-state index in [1.807, 2.05) is 26.2 Å². The first-order valence-corrected chi connectivity index (χ1v) is 8.40. The van der Waals surface area contributed by atoms with Crippen molar-refractivity contribution in [2.24, 2.45) is 5.92 Å². The second kappa shape index (κ2) is 8.10. The smallest absolute Gasteiger partial charge is 0.240 e. The van der Waals surface area contributed by atoms with Crippen LogP contribution in [0.25, 0.3) is 0 Å². The number of benzene rings is 1. The van der Waals surface area contributed by atoms with Crippen LogP contribution in [0, 0.1) is 5.92 Å². The van der Waals surface area contributed by atoms with Gasteiger partial charge in [0.1, 0.15) is 0 Å². The molecular weight excluding hydrogens is 310 g/mol. The van der Waals surface area contributed by atoms with Crippen LogP contribution in [0.5, 0.6) is 0 Å². The fraction of sp³-hybridized carbons (Fsp3) is 0.571. The van der Waals surface area contributed by atoms with E-state index in [-0.39, 0.29) is 12.4 Å². The minimum absolute atomic E-state index is 0. The van der Waals surface area contributed by atoms with E-state index >= 15 is 0 Å². The fourth-order valence-corrected chi connectivity index (χ4v) is 3.45. The number of hydrogen-bond acceptors (Lipinski definition) is 4. The molecule has 1 aromatic rings. The van der Waals surface area contributed by atoms with E-state index in [2.05, 4.69) is 14.9 Å². The predicted molar refractivity (Wildman–Crippen MR) is 87.2 cm³/mol. The molecule has 0 radical (unpaired) electrons. The molecule has 2 N–H and O–H groups in total. The molecule has 1 atom stereocenters. The number of hydrogen-bond donors (Lipinski definition) is 2. The zero-order valence-corrected chi connectivity index (χ0v) is 14.1. The Kier molecular flexibility index (Phi) is 7.09. The van der Waals surface area contributed by atoms with Crippen LogP contribution in [0.3, 0.4) is 0 Å². The second-order valence-electron chi connectivity index (χ2n) is 5.59. The van der Waals surface area contributed by atoms with Crippen molar-refractivity contribution in [1.29, 1.82) is 0 Å². The zero-order chi connectivity index (χ0) is 14.6. The largest absolute Gasteiger partial charge is 0.316 e. The Labute approximate surface area is 133 Å². The molecule has 120 valence electrons. The van der Waals surface area contributed by atoms with Crippen molar-refractivity contribution in [1.82, 2.24) is 14.9 Å². The monoisotopic (exact) mass is 333 g/mol. The predicted octanol–water partition coefficient (Wildman–Crippen LogP) is 1.06. The van der Waals surface area contributed by atoms with E-state index in [1.54, 1.807) is 12.1 Å². The lowest BCUT2D eigenvalue weighted by Gasteiger charge is -2.12. The average Bonchev–Trinajstić information content (AvgIpc) is 2.89. The summed E-state index contributed by atoms with van der Waals surface area (Å²) in [6.45, 7) is 3.19. The summed E-state index contributed by atoms with van der Waals surface area (Å²) in [5, 5.41) is 3.23. The molecule has 1 unspecified atom stereocenters. The van der Waals surface area contributed by atoms with Gasteiger partial charge in [0.05, 0.1) is 4.90 Å². The molecule has 2 rings (SSSR count). The van der Waals surface area contributed by atoms with Crippen LogP contribution in [-0.4, -0.2) is 47.0 Å². The Hall–Kier alpha value is -0.660. The van der Waals surface area contributed by atoms with E-state index in [1.165, 1.54) is 0 Å². The van der Waals surface area contributed by atoms with Gasteiger partial charge in [0, 0.05) is 13.1 Å². The molecule has 0 bridgehead atoms. The first-order valence-electron chi connectivity index (χ1n) is 6.91. The van der Waals surface area contributed by atoms with E-state index < -0.39 is 10.0 Å². The summed E-state index contributed by atoms with van der Waals surface area (Å²) in [6, 6.07) is 7.08. The van der Waals surface area contributed by atoms with Crippen LogP contribution < -0.4 is 10.0 Å². The van der Waals surface area contributed by atoms with Gasteiger partial charge in [-0.3, -0.25) is 0 Å². The van der Waals surface area contributed by atoms with Gasteiger partial charge in [-0.15, -0.1) is 12.4 Å². The molecule has 7 heteroatoms. The van der Waals surface area contributed by atoms with Crippen molar-refractivity contribution in [2.45, 2.75) is 17.9 Å². The Morgan fingerprint density at radius 3 is 2.48 bits per heavy atom. The summed E-state index contributed by atoms with van der Waals surface area (Å²) >= 11 is 0. The minimum Gasteiger partial charge on any atom is -0.316 e. The third-order valence-electron chi connectivity index (χ3n) is 3.46. The van der Waals surface area contributed by atoms with Gasteiger partial charge in [0.25, 0.3) is 0 Å². The van der Waals surface area contributed by atoms with Gasteiger partial charge in [0.2, 0.25) is 10.0 Å². The molecule has 21 heavy (non-hydrogen) atoms. The average molecular weight is 334 g/mol. The van der Waals surface area contributed by atoms with Crippen LogP contribution in [-0.2, 0) is 16.6 Å². The summed E-state index contributed by atoms with van der Waals surface area (Å²) in [5.74, 6) is 0.401. The van der Waals surface area contributed by atoms with Gasteiger partial charge in [-0.05, 0) is 57.2 Å². The first-order chi connectivity index (χ1) is 9.47. The lowest BCUT2D eigenvalue weighted by Crippen LogP contribution is -2.30. The maximum Gasteiger partial charge on any atom is 0.240 e. The van der Waals surface area contributed by atoms with Crippen molar-refractivity contribution < 1.29 is 8.42 Å². The van der Waals surface area contributed by atoms with Crippen LogP contribution >= 0.6 is 12.4 Å². The van der Waals surface area contributed by atoms with Gasteiger partial charge < -0.3 is 10.2 Å². The normalized spacial score (nSPS) is 18.7. The Bertz CT molecular complexity index is 526. The Balaban J connectivity index is 0.00000220. The first kappa shape index (κ1) is 18.4. The summed E-state index contributed by atoms with van der Waals surface area (Å²) in [6.07, 6.45) is 1.03. The third-order valence-corrected chi connectivity index (χ3v) is 4.90. The Morgan fingerprint density at radius 1 is 1.29 bits per heavy atom. The van der Waals surface area contributed by atoms with Gasteiger partial charge >= 0.3 is 0 Å². The molecule has 1 aliphatic heterocycles. The highest BCUT2D eigenvalue weighted by molar-refractivity contribution is 7.89. The second-order valence-corrected chi connectivity index (χ2v) is 7.36. The van der Waals surface area contributed by atoms with Crippen molar-refractivity contribution in [3.63, 3.8) is 0 Å². The zero-order valence-electron chi connectivity index (χ0n) is 12.5. The molecule has 5 nitrogen and oxygen atoms in total. The minimum atomic E-state index is -3.38. The highest BCUT2D eigenvalue weighted by Crippen LogP contribution is 2.13. The molecule has 1 aromatic carbocycles. The van der Waals surface area contributed by atoms with Crippen LogP contribution in [0.1, 0.15) is 12.0 Å². The lowest BCUT2D eigenvalue weighted by atomic mass is 10.1. The molecule has 1 saturated heterocycles. The van der Waals surface area contributed by atoms with Gasteiger partial charge in [-0.2, -0.15) is 0 Å². The maximum absolute atomic E-state index is 12.2. The van der Waals surface area contributed by atoms with E-state index in [0.717, 1.165) is 31.6 Å². The van der Waals surface area contributed by atoms with Crippen LogP contribution in [0.2, 0.25) is 0 Å². The molecule has 1 heterocycles. The van der Waals surface area contributed by atoms with Crippen molar-refractivity contribution in [3.8, 4) is 0 Å². The number of nitrogens with zero attached hydrogens (tertiary/aromatic N) is 1. The highest BCUT2D eigenvalue weighted by Gasteiger charge is 2.19. The van der Waals surface area contributed by atoms with Crippen molar-refractivity contribution in [3.05, 3.63) is 29.8 Å². The highest BCUT2D eigenvalue weighted by atomic mass is 35.5. The number of sulfonamides is 1. The summed E-state index contributed by atoms with van der Waals surface area (Å²) < 4.78 is 27.1. The summed E-state index contributed by atoms with van der Waals surface area (Å²) in [4.78, 5) is 2.39. The topological polar surface area (TPSA) is 61.4 Å². The molecule has 0 aliphatic carbocycles. The third kappa shape index (κ3) is 5.56. The number of nitrogens with one attached hydrogen (secondary N) is 2. The SMILES string of the molecule is CN(C)Cc1ccc(S(=O)(=O)NCC2CCNC2)cc1.Cl. The molecule has 0 spiro atoms. The van der Waals surface area contributed by atoms with E-state index in [9.17, 15) is 8.42 Å². The van der Waals surface area contributed by atoms with Gasteiger partial charge in [-0.1, -0.05) is 12.1 Å². The fourth-order valence-electron chi connectivity index (χ4n) is 2.34. The molecule has 0 amide bonds.